The fraction of sp³-hybridized carbons (Fsp3) is 0.500. The lowest BCUT2D eigenvalue weighted by molar-refractivity contribution is -0.175. The molecule has 1 heterocycles. The van der Waals surface area contributed by atoms with Crippen molar-refractivity contribution in [3.8, 4) is 0 Å². The lowest BCUT2D eigenvalue weighted by Gasteiger charge is -2.36. The van der Waals surface area contributed by atoms with Gasteiger partial charge in [-0.05, 0) is 25.0 Å². The predicted molar refractivity (Wildman–Crippen MR) is 73.2 cm³/mol. The summed E-state index contributed by atoms with van der Waals surface area (Å²) in [6.45, 7) is 0.243. The molecule has 1 fully saturated rings. The summed E-state index contributed by atoms with van der Waals surface area (Å²) in [7, 11) is 1.23. The van der Waals surface area contributed by atoms with Crippen LogP contribution in [0.3, 0.4) is 0 Å². The van der Waals surface area contributed by atoms with E-state index in [4.69, 9.17) is 5.73 Å². The van der Waals surface area contributed by atoms with Gasteiger partial charge in [0.1, 0.15) is 0 Å². The summed E-state index contributed by atoms with van der Waals surface area (Å²) in [5, 5.41) is 0. The van der Waals surface area contributed by atoms with E-state index in [0.29, 0.717) is 18.7 Å². The van der Waals surface area contributed by atoms with E-state index < -0.39 is 18.1 Å². The van der Waals surface area contributed by atoms with E-state index in [9.17, 15) is 18.0 Å². The molecule has 0 amide bonds. The Morgan fingerprint density at radius 1 is 1.43 bits per heavy atom. The van der Waals surface area contributed by atoms with Crippen molar-refractivity contribution in [3.63, 3.8) is 0 Å². The monoisotopic (exact) mass is 302 g/mol. The van der Waals surface area contributed by atoms with E-state index >= 15 is 0 Å². The second kappa shape index (κ2) is 5.83. The van der Waals surface area contributed by atoms with Gasteiger partial charge in [0.2, 0.25) is 0 Å². The summed E-state index contributed by atoms with van der Waals surface area (Å²) in [5.74, 6) is -2.01. The number of ether oxygens (including phenoxy) is 1. The zero-order valence-electron chi connectivity index (χ0n) is 11.6. The minimum absolute atomic E-state index is 0.0975. The zero-order valence-corrected chi connectivity index (χ0v) is 11.6. The van der Waals surface area contributed by atoms with Crippen LogP contribution in [0.25, 0.3) is 0 Å². The molecule has 0 saturated carbocycles. The van der Waals surface area contributed by atoms with Crippen LogP contribution in [0.2, 0.25) is 0 Å². The number of anilines is 2. The minimum Gasteiger partial charge on any atom is -0.465 e. The number of alkyl halides is 3. The number of carbonyl (C=O) groups excluding carboxylic acids is 1. The van der Waals surface area contributed by atoms with Gasteiger partial charge in [0.05, 0.1) is 30.0 Å². The largest absolute Gasteiger partial charge is 0.465 e. The van der Waals surface area contributed by atoms with Gasteiger partial charge in [-0.1, -0.05) is 6.07 Å². The molecule has 1 aromatic rings. The highest BCUT2D eigenvalue weighted by Gasteiger charge is 2.42. The number of carbonyl (C=O) groups is 1. The summed E-state index contributed by atoms with van der Waals surface area (Å²) in [4.78, 5) is 13.3. The lowest BCUT2D eigenvalue weighted by Crippen LogP contribution is -2.42. The van der Waals surface area contributed by atoms with Gasteiger partial charge in [-0.15, -0.1) is 0 Å². The minimum atomic E-state index is -4.24. The average Bonchev–Trinajstić information content (AvgIpc) is 2.45. The molecule has 2 rings (SSSR count). The number of halogens is 3. The highest BCUT2D eigenvalue weighted by atomic mass is 19.4. The Morgan fingerprint density at radius 2 is 2.14 bits per heavy atom. The molecule has 1 unspecified atom stereocenters. The van der Waals surface area contributed by atoms with E-state index in [1.807, 2.05) is 0 Å². The van der Waals surface area contributed by atoms with Crippen LogP contribution in [0.15, 0.2) is 18.2 Å². The maximum Gasteiger partial charge on any atom is 0.393 e. The standard InChI is InChI=1S/C14H17F3N2O2/c1-21-13(20)10-5-2-6-11(18)12(10)19-7-3-4-9(8-19)14(15,16)17/h2,5-6,9H,3-4,7-8,18H2,1H3. The third-order valence-electron chi connectivity index (χ3n) is 3.67. The van der Waals surface area contributed by atoms with Crippen molar-refractivity contribution in [1.29, 1.82) is 0 Å². The number of methoxy groups -OCH3 is 1. The van der Waals surface area contributed by atoms with Gasteiger partial charge in [0, 0.05) is 13.1 Å². The van der Waals surface area contributed by atoms with Crippen molar-refractivity contribution in [3.05, 3.63) is 23.8 Å². The van der Waals surface area contributed by atoms with E-state index in [2.05, 4.69) is 4.74 Å². The van der Waals surface area contributed by atoms with Crippen molar-refractivity contribution in [1.82, 2.24) is 0 Å². The maximum atomic E-state index is 12.9. The number of nitrogens with zero attached hydrogens (tertiary/aromatic N) is 1. The summed E-state index contributed by atoms with van der Waals surface area (Å²) >= 11 is 0. The van der Waals surface area contributed by atoms with Crippen LogP contribution in [0.4, 0.5) is 24.5 Å². The van der Waals surface area contributed by atoms with Crippen molar-refractivity contribution in [2.45, 2.75) is 19.0 Å². The normalized spacial score (nSPS) is 19.4. The second-order valence-corrected chi connectivity index (χ2v) is 5.06. The summed E-state index contributed by atoms with van der Waals surface area (Å²) in [5.41, 5.74) is 6.67. The van der Waals surface area contributed by atoms with Gasteiger partial charge < -0.3 is 15.4 Å². The Balaban J connectivity index is 2.35. The number of nitrogens with two attached hydrogens (primary N) is 1. The van der Waals surface area contributed by atoms with Crippen LogP contribution in [0.5, 0.6) is 0 Å². The maximum absolute atomic E-state index is 12.9. The molecule has 0 aromatic heterocycles. The fourth-order valence-corrected chi connectivity index (χ4v) is 2.64. The first-order valence-electron chi connectivity index (χ1n) is 6.63. The molecule has 21 heavy (non-hydrogen) atoms. The van der Waals surface area contributed by atoms with Gasteiger partial charge in [0.25, 0.3) is 0 Å². The molecule has 0 aliphatic carbocycles. The molecule has 1 saturated heterocycles. The Bertz CT molecular complexity index is 531. The lowest BCUT2D eigenvalue weighted by atomic mass is 9.96. The molecule has 0 bridgehead atoms. The van der Waals surface area contributed by atoms with Gasteiger partial charge in [-0.2, -0.15) is 13.2 Å². The highest BCUT2D eigenvalue weighted by molar-refractivity contribution is 5.99. The van der Waals surface area contributed by atoms with Crippen molar-refractivity contribution in [2.24, 2.45) is 5.92 Å². The number of para-hydroxylation sites is 1. The summed E-state index contributed by atoms with van der Waals surface area (Å²) < 4.78 is 43.4. The molecular weight excluding hydrogens is 285 g/mol. The molecule has 1 atom stereocenters. The molecule has 116 valence electrons. The molecule has 1 aliphatic heterocycles. The highest BCUT2D eigenvalue weighted by Crippen LogP contribution is 2.37. The molecule has 0 spiro atoms. The Kier molecular flexibility index (Phi) is 4.29. The van der Waals surface area contributed by atoms with Crippen LogP contribution in [0, 0.1) is 5.92 Å². The van der Waals surface area contributed by atoms with Crippen LogP contribution in [-0.2, 0) is 4.74 Å². The predicted octanol–water partition coefficient (Wildman–Crippen LogP) is 2.83. The van der Waals surface area contributed by atoms with Crippen LogP contribution in [0.1, 0.15) is 23.2 Å². The number of nitrogen functional groups attached to an aromatic ring is 1. The second-order valence-electron chi connectivity index (χ2n) is 5.06. The van der Waals surface area contributed by atoms with Gasteiger partial charge >= 0.3 is 12.1 Å². The topological polar surface area (TPSA) is 55.6 Å². The number of hydrogen-bond donors (Lipinski definition) is 1. The SMILES string of the molecule is COC(=O)c1cccc(N)c1N1CCCC(C(F)(F)F)C1. The smallest absolute Gasteiger partial charge is 0.393 e. The number of benzene rings is 1. The number of piperidine rings is 1. The molecule has 2 N–H and O–H groups in total. The summed E-state index contributed by atoms with van der Waals surface area (Å²) in [6, 6.07) is 4.66. The average molecular weight is 302 g/mol. The Morgan fingerprint density at radius 3 is 2.76 bits per heavy atom. The molecule has 1 aliphatic rings. The van der Waals surface area contributed by atoms with E-state index in [1.54, 1.807) is 12.1 Å². The number of rotatable bonds is 2. The third-order valence-corrected chi connectivity index (χ3v) is 3.67. The third kappa shape index (κ3) is 3.22. The Hall–Kier alpha value is -1.92. The first-order chi connectivity index (χ1) is 9.84. The van der Waals surface area contributed by atoms with Gasteiger partial charge in [0.15, 0.2) is 0 Å². The van der Waals surface area contributed by atoms with Gasteiger partial charge in [-0.25, -0.2) is 4.79 Å². The van der Waals surface area contributed by atoms with Crippen LogP contribution >= 0.6 is 0 Å². The fourth-order valence-electron chi connectivity index (χ4n) is 2.64. The van der Waals surface area contributed by atoms with Crippen LogP contribution < -0.4 is 10.6 Å². The Labute approximate surface area is 120 Å². The first-order valence-corrected chi connectivity index (χ1v) is 6.63. The summed E-state index contributed by atoms with van der Waals surface area (Å²) in [6.07, 6.45) is -3.74. The number of esters is 1. The van der Waals surface area contributed by atoms with E-state index in [-0.39, 0.29) is 24.2 Å². The van der Waals surface area contributed by atoms with Gasteiger partial charge in [-0.3, -0.25) is 0 Å². The van der Waals surface area contributed by atoms with E-state index in [0.717, 1.165) is 0 Å². The number of hydrogen-bond acceptors (Lipinski definition) is 4. The van der Waals surface area contributed by atoms with Crippen molar-refractivity contribution in [2.75, 3.05) is 30.8 Å². The molecular formula is C14H17F3N2O2. The van der Waals surface area contributed by atoms with E-state index in [1.165, 1.54) is 18.1 Å². The molecule has 4 nitrogen and oxygen atoms in total. The van der Waals surface area contributed by atoms with Crippen molar-refractivity contribution >= 4 is 17.3 Å². The molecule has 0 radical (unpaired) electrons. The van der Waals surface area contributed by atoms with Crippen molar-refractivity contribution < 1.29 is 22.7 Å². The molecule has 7 heteroatoms. The van der Waals surface area contributed by atoms with Crippen LogP contribution in [-0.4, -0.2) is 32.3 Å². The first kappa shape index (κ1) is 15.5. The molecule has 1 aromatic carbocycles. The quantitative estimate of drug-likeness (QED) is 0.674. The zero-order chi connectivity index (χ0) is 15.6.